The van der Waals surface area contributed by atoms with Crippen molar-refractivity contribution in [2.24, 2.45) is 5.92 Å². The number of nitrogens with one attached hydrogen (secondary N) is 1. The first-order valence-corrected chi connectivity index (χ1v) is 12.9. The predicted molar refractivity (Wildman–Crippen MR) is 132 cm³/mol. The smallest absolute Gasteiger partial charge is 0.269 e. The van der Waals surface area contributed by atoms with Gasteiger partial charge in [0, 0.05) is 17.2 Å². The lowest BCUT2D eigenvalue weighted by Crippen LogP contribution is -2.57. The van der Waals surface area contributed by atoms with E-state index in [9.17, 15) is 23.1 Å². The number of nitrogens with zero attached hydrogens (tertiary/aromatic N) is 1. The number of carbonyl (C=O) groups is 2. The minimum Gasteiger partial charge on any atom is -0.365 e. The maximum atomic E-state index is 13.9. The van der Waals surface area contributed by atoms with E-state index in [-0.39, 0.29) is 22.1 Å². The Balaban J connectivity index is 1.97. The number of sulfonamides is 1. The summed E-state index contributed by atoms with van der Waals surface area (Å²) in [7, 11) is -4.53. The number of hydrogen-bond donors (Lipinski definition) is 2. The summed E-state index contributed by atoms with van der Waals surface area (Å²) in [4.78, 5) is 27.5. The second-order valence-corrected chi connectivity index (χ2v) is 10.5. The molecule has 0 aliphatic carbocycles. The van der Waals surface area contributed by atoms with Crippen LogP contribution in [0, 0.1) is 5.92 Å². The molecule has 1 amide bonds. The molecule has 4 rings (SSSR count). The third-order valence-electron chi connectivity index (χ3n) is 6.44. The highest BCUT2D eigenvalue weighted by molar-refractivity contribution is 7.89. The Labute approximate surface area is 205 Å². The van der Waals surface area contributed by atoms with E-state index in [0.29, 0.717) is 10.7 Å². The molecule has 1 heterocycles. The topological polar surface area (TPSA) is 104 Å². The average molecular weight is 493 g/mol. The number of ketones is 1. The van der Waals surface area contributed by atoms with Crippen molar-refractivity contribution >= 4 is 21.7 Å². The molecular formula is C27H28N2O5S. The summed E-state index contributed by atoms with van der Waals surface area (Å²) in [6, 6.07) is 22.4. The van der Waals surface area contributed by atoms with Gasteiger partial charge in [-0.25, -0.2) is 8.42 Å². The molecule has 0 spiro atoms. The highest BCUT2D eigenvalue weighted by Gasteiger charge is 2.65. The van der Waals surface area contributed by atoms with Crippen molar-refractivity contribution in [1.29, 1.82) is 0 Å². The van der Waals surface area contributed by atoms with Gasteiger partial charge in [-0.15, -0.1) is 0 Å². The lowest BCUT2D eigenvalue weighted by molar-refractivity contribution is -0.135. The molecule has 3 aromatic carbocycles. The number of rotatable bonds is 8. The maximum absolute atomic E-state index is 13.9. The largest absolute Gasteiger partial charge is 0.365 e. The van der Waals surface area contributed by atoms with Crippen molar-refractivity contribution in [1.82, 2.24) is 9.62 Å². The van der Waals surface area contributed by atoms with Crippen LogP contribution in [-0.4, -0.2) is 41.6 Å². The zero-order valence-corrected chi connectivity index (χ0v) is 20.4. The molecule has 0 radical (unpaired) electrons. The zero-order valence-electron chi connectivity index (χ0n) is 19.5. The predicted octanol–water partition coefficient (Wildman–Crippen LogP) is 3.32. The van der Waals surface area contributed by atoms with Crippen LogP contribution < -0.4 is 5.32 Å². The van der Waals surface area contributed by atoms with Gasteiger partial charge >= 0.3 is 0 Å². The van der Waals surface area contributed by atoms with Crippen LogP contribution >= 0.6 is 0 Å². The Kier molecular flexibility index (Phi) is 6.89. The van der Waals surface area contributed by atoms with Crippen LogP contribution in [0.4, 0.5) is 0 Å². The summed E-state index contributed by atoms with van der Waals surface area (Å²) in [6.45, 7) is 3.77. The molecule has 3 aromatic rings. The van der Waals surface area contributed by atoms with Crippen LogP contribution in [0.5, 0.6) is 0 Å². The first-order valence-electron chi connectivity index (χ1n) is 11.5. The third-order valence-corrected chi connectivity index (χ3v) is 8.25. The van der Waals surface area contributed by atoms with Gasteiger partial charge in [0.05, 0.1) is 10.9 Å². The van der Waals surface area contributed by atoms with E-state index in [2.05, 4.69) is 5.32 Å². The Morgan fingerprint density at radius 1 is 0.971 bits per heavy atom. The standard InChI is InChI=1S/C27H28N2O5S/c1-3-19(2)28-25-23(24(30)20-13-7-4-8-14-20)26(31)29(27(25,32)21-15-9-5-10-16-21)35(33,34)22-17-11-6-12-18-22/h4-19,23,25,28,32H,3H2,1-2H3. The molecular weight excluding hydrogens is 464 g/mol. The van der Waals surface area contributed by atoms with Crippen molar-refractivity contribution in [3.05, 3.63) is 102 Å². The normalized spacial score (nSPS) is 23.3. The third kappa shape index (κ3) is 4.29. The summed E-state index contributed by atoms with van der Waals surface area (Å²) < 4.78 is 28.2. The van der Waals surface area contributed by atoms with Crippen molar-refractivity contribution in [3.63, 3.8) is 0 Å². The van der Waals surface area contributed by atoms with Gasteiger partial charge in [0.25, 0.3) is 15.9 Å². The molecule has 0 saturated carbocycles. The molecule has 35 heavy (non-hydrogen) atoms. The van der Waals surface area contributed by atoms with Crippen LogP contribution in [0.1, 0.15) is 36.2 Å². The van der Waals surface area contributed by atoms with Gasteiger partial charge < -0.3 is 10.4 Å². The van der Waals surface area contributed by atoms with Gasteiger partial charge in [-0.2, -0.15) is 4.31 Å². The fourth-order valence-corrected chi connectivity index (χ4v) is 6.11. The lowest BCUT2D eigenvalue weighted by atomic mass is 9.85. The Bertz CT molecular complexity index is 1300. The van der Waals surface area contributed by atoms with E-state index >= 15 is 0 Å². The van der Waals surface area contributed by atoms with Gasteiger partial charge in [-0.05, 0) is 25.5 Å². The molecule has 1 aliphatic heterocycles. The highest BCUT2D eigenvalue weighted by atomic mass is 32.2. The van der Waals surface area contributed by atoms with Crippen LogP contribution in [0.25, 0.3) is 0 Å². The Morgan fingerprint density at radius 2 is 1.49 bits per heavy atom. The van der Waals surface area contributed by atoms with Crippen LogP contribution in [0.2, 0.25) is 0 Å². The number of aliphatic hydroxyl groups is 1. The fraction of sp³-hybridized carbons (Fsp3) is 0.259. The minimum atomic E-state index is -4.53. The number of benzene rings is 3. The van der Waals surface area contributed by atoms with E-state index in [1.807, 2.05) is 13.8 Å². The van der Waals surface area contributed by atoms with Gasteiger partial charge in [0.15, 0.2) is 11.5 Å². The highest BCUT2D eigenvalue weighted by Crippen LogP contribution is 2.45. The van der Waals surface area contributed by atoms with Crippen molar-refractivity contribution in [2.75, 3.05) is 0 Å². The van der Waals surface area contributed by atoms with Gasteiger partial charge in [0.2, 0.25) is 0 Å². The number of carbonyl (C=O) groups excluding carboxylic acids is 2. The van der Waals surface area contributed by atoms with E-state index in [0.717, 1.165) is 0 Å². The second kappa shape index (κ2) is 9.73. The molecule has 4 unspecified atom stereocenters. The van der Waals surface area contributed by atoms with Crippen LogP contribution in [0.15, 0.2) is 95.9 Å². The number of amides is 1. The molecule has 4 atom stereocenters. The Hall–Kier alpha value is -3.33. The first kappa shape index (κ1) is 24.8. The monoisotopic (exact) mass is 492 g/mol. The molecule has 8 heteroatoms. The maximum Gasteiger partial charge on any atom is 0.269 e. The van der Waals surface area contributed by atoms with Crippen LogP contribution in [0.3, 0.4) is 0 Å². The fourth-order valence-electron chi connectivity index (χ4n) is 4.46. The summed E-state index contributed by atoms with van der Waals surface area (Å²) >= 11 is 0. The molecule has 7 nitrogen and oxygen atoms in total. The average Bonchev–Trinajstić information content (AvgIpc) is 3.12. The summed E-state index contributed by atoms with van der Waals surface area (Å²) in [6.07, 6.45) is 0.632. The molecule has 2 N–H and O–H groups in total. The van der Waals surface area contributed by atoms with Gasteiger partial charge in [-0.3, -0.25) is 9.59 Å². The number of hydrogen-bond acceptors (Lipinski definition) is 6. The van der Waals surface area contributed by atoms with Crippen molar-refractivity contribution in [2.45, 2.75) is 43.0 Å². The molecule has 1 saturated heterocycles. The summed E-state index contributed by atoms with van der Waals surface area (Å²) in [5.74, 6) is -3.00. The van der Waals surface area contributed by atoms with E-state index in [1.54, 1.807) is 66.7 Å². The van der Waals surface area contributed by atoms with Gasteiger partial charge in [0.1, 0.15) is 5.92 Å². The summed E-state index contributed by atoms with van der Waals surface area (Å²) in [5, 5.41) is 15.5. The molecule has 0 aromatic heterocycles. The molecule has 1 aliphatic rings. The zero-order chi connectivity index (χ0) is 25.2. The second-order valence-electron chi connectivity index (χ2n) is 8.67. The molecule has 1 fully saturated rings. The quantitative estimate of drug-likeness (QED) is 0.369. The molecule has 0 bridgehead atoms. The van der Waals surface area contributed by atoms with Gasteiger partial charge in [-0.1, -0.05) is 85.8 Å². The van der Waals surface area contributed by atoms with E-state index < -0.39 is 39.4 Å². The molecule has 182 valence electrons. The lowest BCUT2D eigenvalue weighted by Gasteiger charge is -2.38. The van der Waals surface area contributed by atoms with E-state index in [4.69, 9.17) is 0 Å². The summed E-state index contributed by atoms with van der Waals surface area (Å²) in [5.41, 5.74) is -1.89. The first-order chi connectivity index (χ1) is 16.7. The minimum absolute atomic E-state index is 0.155. The van der Waals surface area contributed by atoms with Crippen molar-refractivity contribution < 1.29 is 23.1 Å². The van der Waals surface area contributed by atoms with Crippen LogP contribution in [-0.2, 0) is 20.5 Å². The van der Waals surface area contributed by atoms with Crippen molar-refractivity contribution in [3.8, 4) is 0 Å². The number of Topliss-reactive ketones (excluding diaryl/α,β-unsaturated/α-hetero) is 1. The van der Waals surface area contributed by atoms with E-state index in [1.165, 1.54) is 24.3 Å². The SMILES string of the molecule is CCC(C)NC1C(C(=O)c2ccccc2)C(=O)N(S(=O)(=O)c2ccccc2)C1(O)c1ccccc1. The Morgan fingerprint density at radius 3 is 2.03 bits per heavy atom.